The molecule has 1 fully saturated rings. The van der Waals surface area contributed by atoms with Gasteiger partial charge in [-0.2, -0.15) is 13.2 Å². The molecule has 0 heterocycles. The van der Waals surface area contributed by atoms with E-state index in [1.165, 1.54) is 19.2 Å². The molecule has 0 aliphatic heterocycles. The second kappa shape index (κ2) is 11.0. The van der Waals surface area contributed by atoms with Crippen molar-refractivity contribution in [2.75, 3.05) is 7.11 Å². The van der Waals surface area contributed by atoms with E-state index in [0.717, 1.165) is 49.6 Å². The van der Waals surface area contributed by atoms with E-state index in [0.29, 0.717) is 16.7 Å². The van der Waals surface area contributed by atoms with Crippen molar-refractivity contribution in [3.8, 4) is 5.75 Å². The summed E-state index contributed by atoms with van der Waals surface area (Å²) in [7, 11) is 1.30. The third kappa shape index (κ3) is 5.80. The third-order valence-corrected chi connectivity index (χ3v) is 6.65. The van der Waals surface area contributed by atoms with Crippen LogP contribution in [0.1, 0.15) is 53.6 Å². The van der Waals surface area contributed by atoms with Gasteiger partial charge in [-0.1, -0.05) is 61.7 Å². The molecule has 190 valence electrons. The highest BCUT2D eigenvalue weighted by Gasteiger charge is 2.33. The molecule has 1 atom stereocenters. The first-order valence-corrected chi connectivity index (χ1v) is 12.0. The number of nitrogens with one attached hydrogen (secondary N) is 1. The van der Waals surface area contributed by atoms with E-state index < -0.39 is 29.7 Å². The number of fused-ring (bicyclic) bond motifs is 1. The van der Waals surface area contributed by atoms with Gasteiger partial charge in [0.15, 0.2) is 0 Å². The number of ether oxygens (including phenoxy) is 2. The first-order chi connectivity index (χ1) is 17.3. The smallest absolute Gasteiger partial charge is 0.416 e. The van der Waals surface area contributed by atoms with E-state index in [-0.39, 0.29) is 18.1 Å². The molecule has 1 N–H and O–H groups in total. The minimum absolute atomic E-state index is 0.00729. The standard InChI is InChI=1S/C28H28F3NO4/c1-35-27(34)24(20-8-3-2-4-9-20)32-26(33)23-16-13-19-7-5-6-10-22(19)25(23)36-17-18-11-14-21(15-12-18)28(29,30)31/h5-7,10-16,20,24H,2-4,8-9,17H2,1H3,(H,32,33)/t24-/m0/s1. The molecule has 5 nitrogen and oxygen atoms in total. The fourth-order valence-corrected chi connectivity index (χ4v) is 4.71. The van der Waals surface area contributed by atoms with Gasteiger partial charge >= 0.3 is 12.1 Å². The van der Waals surface area contributed by atoms with Gasteiger partial charge in [-0.05, 0) is 47.9 Å². The molecule has 1 aliphatic rings. The zero-order valence-corrected chi connectivity index (χ0v) is 19.9. The number of hydrogen-bond donors (Lipinski definition) is 1. The van der Waals surface area contributed by atoms with Crippen LogP contribution in [-0.4, -0.2) is 25.0 Å². The summed E-state index contributed by atoms with van der Waals surface area (Å²) in [4.78, 5) is 26.0. The van der Waals surface area contributed by atoms with E-state index in [1.807, 2.05) is 24.3 Å². The number of alkyl halides is 3. The Morgan fingerprint density at radius 1 is 0.972 bits per heavy atom. The summed E-state index contributed by atoms with van der Waals surface area (Å²) in [6.45, 7) is -0.0323. The lowest BCUT2D eigenvalue weighted by Crippen LogP contribution is -2.47. The third-order valence-electron chi connectivity index (χ3n) is 6.65. The Balaban J connectivity index is 1.61. The van der Waals surface area contributed by atoms with Crippen molar-refractivity contribution in [2.45, 2.75) is 50.9 Å². The molecule has 1 aliphatic carbocycles. The number of amides is 1. The molecule has 4 rings (SSSR count). The predicted octanol–water partition coefficient (Wildman–Crippen LogP) is 6.29. The first kappa shape index (κ1) is 25.5. The molecule has 1 amide bonds. The fraction of sp³-hybridized carbons (Fsp3) is 0.357. The lowest BCUT2D eigenvalue weighted by Gasteiger charge is -2.29. The maximum absolute atomic E-state index is 13.4. The normalized spacial score (nSPS) is 15.3. The molecule has 36 heavy (non-hydrogen) atoms. The zero-order chi connectivity index (χ0) is 25.7. The largest absolute Gasteiger partial charge is 0.487 e. The van der Waals surface area contributed by atoms with Crippen LogP contribution in [0, 0.1) is 5.92 Å². The SMILES string of the molecule is COC(=O)[C@@H](NC(=O)c1ccc2ccccc2c1OCc1ccc(C(F)(F)F)cc1)C1CCCCC1. The van der Waals surface area contributed by atoms with E-state index in [4.69, 9.17) is 9.47 Å². The van der Waals surface area contributed by atoms with Crippen LogP contribution >= 0.6 is 0 Å². The summed E-state index contributed by atoms with van der Waals surface area (Å²) in [6.07, 6.45) is 0.320. The average Bonchev–Trinajstić information content (AvgIpc) is 2.90. The van der Waals surface area contributed by atoms with Gasteiger partial charge in [0.25, 0.3) is 5.91 Å². The molecule has 0 spiro atoms. The van der Waals surface area contributed by atoms with Crippen molar-refractivity contribution >= 4 is 22.6 Å². The maximum atomic E-state index is 13.4. The van der Waals surface area contributed by atoms with Gasteiger partial charge in [-0.3, -0.25) is 4.79 Å². The van der Waals surface area contributed by atoms with E-state index in [1.54, 1.807) is 12.1 Å². The molecule has 3 aromatic carbocycles. The summed E-state index contributed by atoms with van der Waals surface area (Å²) in [5.41, 5.74) is 0.0234. The Morgan fingerprint density at radius 2 is 1.67 bits per heavy atom. The monoisotopic (exact) mass is 499 g/mol. The summed E-state index contributed by atoms with van der Waals surface area (Å²) < 4.78 is 49.7. The summed E-state index contributed by atoms with van der Waals surface area (Å²) in [5, 5.41) is 4.39. The second-order valence-corrected chi connectivity index (χ2v) is 9.02. The van der Waals surface area contributed by atoms with Crippen LogP contribution in [0.2, 0.25) is 0 Å². The molecule has 0 bridgehead atoms. The molecule has 0 radical (unpaired) electrons. The lowest BCUT2D eigenvalue weighted by molar-refractivity contribution is -0.144. The second-order valence-electron chi connectivity index (χ2n) is 9.02. The van der Waals surface area contributed by atoms with E-state index in [9.17, 15) is 22.8 Å². The number of carbonyl (C=O) groups excluding carboxylic acids is 2. The molecule has 3 aromatic rings. The number of esters is 1. The van der Waals surface area contributed by atoms with Gasteiger partial charge in [-0.15, -0.1) is 0 Å². The number of rotatable bonds is 7. The van der Waals surface area contributed by atoms with Crippen LogP contribution in [0.4, 0.5) is 13.2 Å². The van der Waals surface area contributed by atoms with Crippen molar-refractivity contribution in [3.05, 3.63) is 77.4 Å². The van der Waals surface area contributed by atoms with Crippen molar-refractivity contribution in [1.82, 2.24) is 5.32 Å². The number of hydrogen-bond acceptors (Lipinski definition) is 4. The molecular weight excluding hydrogens is 471 g/mol. The van der Waals surface area contributed by atoms with Gasteiger partial charge in [-0.25, -0.2) is 4.79 Å². The van der Waals surface area contributed by atoms with Crippen LogP contribution in [0.5, 0.6) is 5.75 Å². The molecule has 0 unspecified atom stereocenters. The Bertz CT molecular complexity index is 1220. The van der Waals surface area contributed by atoms with Gasteiger partial charge in [0.1, 0.15) is 18.4 Å². The Morgan fingerprint density at radius 3 is 2.33 bits per heavy atom. The lowest BCUT2D eigenvalue weighted by atomic mass is 9.83. The average molecular weight is 500 g/mol. The Kier molecular flexibility index (Phi) is 7.82. The van der Waals surface area contributed by atoms with Crippen LogP contribution < -0.4 is 10.1 Å². The number of carbonyl (C=O) groups is 2. The topological polar surface area (TPSA) is 64.6 Å². The van der Waals surface area contributed by atoms with Gasteiger partial charge in [0.05, 0.1) is 18.2 Å². The molecule has 0 aromatic heterocycles. The van der Waals surface area contributed by atoms with Crippen molar-refractivity contribution in [2.24, 2.45) is 5.92 Å². The Labute approximate surface area is 207 Å². The molecule has 0 saturated heterocycles. The van der Waals surface area contributed by atoms with Crippen molar-refractivity contribution < 1.29 is 32.2 Å². The van der Waals surface area contributed by atoms with Crippen LogP contribution in [-0.2, 0) is 22.3 Å². The highest BCUT2D eigenvalue weighted by Crippen LogP contribution is 2.33. The molecular formula is C28H28F3NO4. The Hall–Kier alpha value is -3.55. The quantitative estimate of drug-likeness (QED) is 0.388. The summed E-state index contributed by atoms with van der Waals surface area (Å²) >= 11 is 0. The predicted molar refractivity (Wildman–Crippen MR) is 130 cm³/mol. The van der Waals surface area contributed by atoms with Gasteiger partial charge in [0.2, 0.25) is 0 Å². The van der Waals surface area contributed by atoms with Crippen LogP contribution in [0.15, 0.2) is 60.7 Å². The van der Waals surface area contributed by atoms with Crippen molar-refractivity contribution in [1.29, 1.82) is 0 Å². The molecule has 8 heteroatoms. The van der Waals surface area contributed by atoms with Crippen LogP contribution in [0.3, 0.4) is 0 Å². The highest BCUT2D eigenvalue weighted by molar-refractivity contribution is 6.05. The fourth-order valence-electron chi connectivity index (χ4n) is 4.71. The van der Waals surface area contributed by atoms with Crippen molar-refractivity contribution in [3.63, 3.8) is 0 Å². The summed E-state index contributed by atoms with van der Waals surface area (Å²) in [5.74, 6) is -0.655. The number of halogens is 3. The minimum atomic E-state index is -4.42. The highest BCUT2D eigenvalue weighted by atomic mass is 19.4. The minimum Gasteiger partial charge on any atom is -0.487 e. The number of benzene rings is 3. The van der Waals surface area contributed by atoms with Crippen LogP contribution in [0.25, 0.3) is 10.8 Å². The van der Waals surface area contributed by atoms with E-state index in [2.05, 4.69) is 5.32 Å². The maximum Gasteiger partial charge on any atom is 0.416 e. The zero-order valence-electron chi connectivity index (χ0n) is 19.9. The molecule has 1 saturated carbocycles. The first-order valence-electron chi connectivity index (χ1n) is 12.0. The van der Waals surface area contributed by atoms with E-state index >= 15 is 0 Å². The summed E-state index contributed by atoms with van der Waals surface area (Å²) in [6, 6.07) is 14.7. The number of methoxy groups -OCH3 is 1. The van der Waals surface area contributed by atoms with Gasteiger partial charge < -0.3 is 14.8 Å². The van der Waals surface area contributed by atoms with Gasteiger partial charge in [0, 0.05) is 5.39 Å².